The number of hydrogen-bond donors (Lipinski definition) is 1. The van der Waals surface area contributed by atoms with Gasteiger partial charge in [-0.05, 0) is 49.2 Å². The van der Waals surface area contributed by atoms with Crippen LogP contribution in [0.1, 0.15) is 41.0 Å². The molecule has 0 aliphatic carbocycles. The number of rotatable bonds is 5. The van der Waals surface area contributed by atoms with Gasteiger partial charge in [0.2, 0.25) is 0 Å². The fourth-order valence-electron chi connectivity index (χ4n) is 3.99. The van der Waals surface area contributed by atoms with Crippen LogP contribution in [0.25, 0.3) is 16.5 Å². The van der Waals surface area contributed by atoms with Crippen molar-refractivity contribution in [3.8, 4) is 5.69 Å². The number of halogens is 1. The van der Waals surface area contributed by atoms with Crippen molar-refractivity contribution in [1.82, 2.24) is 9.88 Å². The molecule has 1 heterocycles. The zero-order valence-electron chi connectivity index (χ0n) is 17.4. The quantitative estimate of drug-likeness (QED) is 0.481. The van der Waals surface area contributed by atoms with Crippen molar-refractivity contribution >= 4 is 16.7 Å². The summed E-state index contributed by atoms with van der Waals surface area (Å²) in [6.45, 7) is 3.76. The lowest BCUT2D eigenvalue weighted by Gasteiger charge is -2.21. The smallest absolute Gasteiger partial charge is 0.263 e. The van der Waals surface area contributed by atoms with Crippen LogP contribution in [-0.2, 0) is 0 Å². The summed E-state index contributed by atoms with van der Waals surface area (Å²) in [5.74, 6) is -0.637. The Hall–Kier alpha value is -3.73. The number of fused-ring (bicyclic) bond motifs is 1. The Bertz CT molecular complexity index is 1300. The Morgan fingerprint density at radius 3 is 2.19 bits per heavy atom. The van der Waals surface area contributed by atoms with Gasteiger partial charge in [0.1, 0.15) is 5.82 Å². The van der Waals surface area contributed by atoms with Crippen molar-refractivity contribution in [2.45, 2.75) is 26.3 Å². The van der Waals surface area contributed by atoms with E-state index in [0.717, 1.165) is 12.0 Å². The maximum atomic E-state index is 13.5. The Balaban J connectivity index is 1.88. The van der Waals surface area contributed by atoms with Gasteiger partial charge < -0.3 is 5.32 Å². The molecule has 1 aromatic heterocycles. The third-order valence-electron chi connectivity index (χ3n) is 5.55. The Kier molecular flexibility index (Phi) is 5.67. The molecule has 0 aliphatic rings. The standard InChI is InChI=1S/C26H23FN2O2/c1-3-23(18-9-5-4-6-10-18)28-25(30)24-17(2)29(20-15-13-19(27)14-16-20)26(31)22-12-8-7-11-21(22)24/h4-16,23H,3H2,1-2H3,(H,28,30)/t23-/m0/s1. The van der Waals surface area contributed by atoms with Gasteiger partial charge in [0, 0.05) is 22.2 Å². The third-order valence-corrected chi connectivity index (χ3v) is 5.55. The van der Waals surface area contributed by atoms with Gasteiger partial charge in [0.05, 0.1) is 11.6 Å². The fraction of sp³-hybridized carbons (Fsp3) is 0.154. The Morgan fingerprint density at radius 2 is 1.55 bits per heavy atom. The molecular weight excluding hydrogens is 391 g/mol. The van der Waals surface area contributed by atoms with Crippen LogP contribution in [0.4, 0.5) is 4.39 Å². The molecule has 4 rings (SSSR count). The van der Waals surface area contributed by atoms with Crippen LogP contribution in [0.5, 0.6) is 0 Å². The second kappa shape index (κ2) is 8.56. The number of hydrogen-bond acceptors (Lipinski definition) is 2. The number of carbonyl (C=O) groups is 1. The molecule has 0 unspecified atom stereocenters. The number of nitrogens with one attached hydrogen (secondary N) is 1. The van der Waals surface area contributed by atoms with Crippen molar-refractivity contribution in [2.75, 3.05) is 0 Å². The van der Waals surface area contributed by atoms with Crippen LogP contribution >= 0.6 is 0 Å². The van der Waals surface area contributed by atoms with Crippen LogP contribution < -0.4 is 10.9 Å². The molecule has 4 aromatic rings. The maximum Gasteiger partial charge on any atom is 0.263 e. The molecule has 0 aliphatic heterocycles. The molecule has 0 bridgehead atoms. The number of aromatic nitrogens is 1. The predicted octanol–water partition coefficient (Wildman–Crippen LogP) is 5.32. The number of pyridine rings is 1. The van der Waals surface area contributed by atoms with E-state index in [1.54, 1.807) is 37.3 Å². The van der Waals surface area contributed by atoms with Crippen LogP contribution in [0, 0.1) is 12.7 Å². The maximum absolute atomic E-state index is 13.5. The summed E-state index contributed by atoms with van der Waals surface area (Å²) in [5.41, 5.74) is 2.24. The van der Waals surface area contributed by atoms with Gasteiger partial charge in [-0.15, -0.1) is 0 Å². The van der Waals surface area contributed by atoms with E-state index in [-0.39, 0.29) is 23.3 Å². The summed E-state index contributed by atoms with van der Waals surface area (Å²) < 4.78 is 14.9. The van der Waals surface area contributed by atoms with Gasteiger partial charge in [-0.2, -0.15) is 0 Å². The molecule has 4 nitrogen and oxygen atoms in total. The van der Waals surface area contributed by atoms with E-state index in [9.17, 15) is 14.0 Å². The first-order valence-electron chi connectivity index (χ1n) is 10.3. The summed E-state index contributed by atoms with van der Waals surface area (Å²) >= 11 is 0. The molecule has 31 heavy (non-hydrogen) atoms. The van der Waals surface area contributed by atoms with Crippen molar-refractivity contribution in [1.29, 1.82) is 0 Å². The van der Waals surface area contributed by atoms with Crippen molar-refractivity contribution in [2.24, 2.45) is 0 Å². The van der Waals surface area contributed by atoms with E-state index >= 15 is 0 Å². The molecule has 5 heteroatoms. The van der Waals surface area contributed by atoms with Gasteiger partial charge >= 0.3 is 0 Å². The number of nitrogens with zero attached hydrogens (tertiary/aromatic N) is 1. The normalized spacial score (nSPS) is 12.0. The van der Waals surface area contributed by atoms with Gasteiger partial charge in [0.25, 0.3) is 11.5 Å². The largest absolute Gasteiger partial charge is 0.345 e. The lowest BCUT2D eigenvalue weighted by atomic mass is 10.0. The highest BCUT2D eigenvalue weighted by Gasteiger charge is 2.22. The minimum atomic E-state index is -0.387. The van der Waals surface area contributed by atoms with Gasteiger partial charge in [-0.3, -0.25) is 14.2 Å². The average molecular weight is 414 g/mol. The van der Waals surface area contributed by atoms with E-state index in [4.69, 9.17) is 0 Å². The zero-order chi connectivity index (χ0) is 22.0. The van der Waals surface area contributed by atoms with Gasteiger partial charge in [0.15, 0.2) is 0 Å². The van der Waals surface area contributed by atoms with Gasteiger partial charge in [-0.25, -0.2) is 4.39 Å². The summed E-state index contributed by atoms with van der Waals surface area (Å²) in [7, 11) is 0. The lowest BCUT2D eigenvalue weighted by molar-refractivity contribution is 0.0936. The second-order valence-corrected chi connectivity index (χ2v) is 7.47. The topological polar surface area (TPSA) is 51.1 Å². The summed E-state index contributed by atoms with van der Waals surface area (Å²) in [4.78, 5) is 26.7. The summed E-state index contributed by atoms with van der Waals surface area (Å²) in [5, 5.41) is 4.17. The van der Waals surface area contributed by atoms with Crippen molar-refractivity contribution in [3.05, 3.63) is 112 Å². The van der Waals surface area contributed by atoms with E-state index in [1.807, 2.05) is 43.3 Å². The highest BCUT2D eigenvalue weighted by Crippen LogP contribution is 2.24. The molecule has 0 fully saturated rings. The van der Waals surface area contributed by atoms with Crippen molar-refractivity contribution in [3.63, 3.8) is 0 Å². The predicted molar refractivity (Wildman–Crippen MR) is 121 cm³/mol. The average Bonchev–Trinajstić information content (AvgIpc) is 2.79. The molecule has 0 saturated carbocycles. The van der Waals surface area contributed by atoms with E-state index in [2.05, 4.69) is 5.32 Å². The Morgan fingerprint density at radius 1 is 0.935 bits per heavy atom. The fourth-order valence-corrected chi connectivity index (χ4v) is 3.99. The number of amides is 1. The van der Waals surface area contributed by atoms with E-state index in [0.29, 0.717) is 27.7 Å². The summed E-state index contributed by atoms with van der Waals surface area (Å²) in [6.07, 6.45) is 0.727. The highest BCUT2D eigenvalue weighted by atomic mass is 19.1. The zero-order valence-corrected chi connectivity index (χ0v) is 17.4. The molecule has 0 spiro atoms. The summed E-state index contributed by atoms with van der Waals surface area (Å²) in [6, 6.07) is 22.4. The minimum absolute atomic E-state index is 0.155. The van der Waals surface area contributed by atoms with Gasteiger partial charge in [-0.1, -0.05) is 55.5 Å². The molecule has 0 saturated heterocycles. The van der Waals surface area contributed by atoms with E-state index in [1.165, 1.54) is 16.7 Å². The van der Waals surface area contributed by atoms with Crippen LogP contribution in [0.3, 0.4) is 0 Å². The molecular formula is C26H23FN2O2. The SMILES string of the molecule is CC[C@H](NC(=O)c1c(C)n(-c2ccc(F)cc2)c(=O)c2ccccc12)c1ccccc1. The molecule has 1 N–H and O–H groups in total. The third kappa shape index (κ3) is 3.87. The first-order valence-corrected chi connectivity index (χ1v) is 10.3. The first-order chi connectivity index (χ1) is 15.0. The minimum Gasteiger partial charge on any atom is -0.345 e. The highest BCUT2D eigenvalue weighted by molar-refractivity contribution is 6.08. The monoisotopic (exact) mass is 414 g/mol. The molecule has 3 aromatic carbocycles. The molecule has 1 amide bonds. The second-order valence-electron chi connectivity index (χ2n) is 7.47. The number of carbonyl (C=O) groups excluding carboxylic acids is 1. The molecule has 0 radical (unpaired) electrons. The van der Waals surface area contributed by atoms with Crippen molar-refractivity contribution < 1.29 is 9.18 Å². The number of benzene rings is 3. The lowest BCUT2D eigenvalue weighted by Crippen LogP contribution is -2.32. The molecule has 156 valence electrons. The van der Waals surface area contributed by atoms with Crippen LogP contribution in [0.2, 0.25) is 0 Å². The van der Waals surface area contributed by atoms with Crippen LogP contribution in [0.15, 0.2) is 83.7 Å². The first kappa shape index (κ1) is 20.5. The Labute approximate surface area is 180 Å². The van der Waals surface area contributed by atoms with E-state index < -0.39 is 0 Å². The molecule has 1 atom stereocenters. The van der Waals surface area contributed by atoms with Crippen LogP contribution in [-0.4, -0.2) is 10.5 Å².